The third kappa shape index (κ3) is 2.80. The fraction of sp³-hybridized carbons (Fsp3) is 0.400. The first kappa shape index (κ1) is 13.8. The van der Waals surface area contributed by atoms with Crippen LogP contribution in [-0.2, 0) is 0 Å². The molecule has 0 atom stereocenters. The van der Waals surface area contributed by atoms with Crippen molar-refractivity contribution in [3.8, 4) is 5.75 Å². The Balaban J connectivity index is 1.86. The molecule has 1 saturated heterocycles. The van der Waals surface area contributed by atoms with Crippen LogP contribution in [-0.4, -0.2) is 40.0 Å². The van der Waals surface area contributed by atoms with Crippen LogP contribution in [0.25, 0.3) is 0 Å². The zero-order valence-electron chi connectivity index (χ0n) is 12.1. The smallest absolute Gasteiger partial charge is 0.218 e. The summed E-state index contributed by atoms with van der Waals surface area (Å²) in [5.41, 5.74) is 0.867. The molecule has 1 aliphatic rings. The summed E-state index contributed by atoms with van der Waals surface area (Å²) in [6, 6.07) is 7.52. The second-order valence-corrected chi connectivity index (χ2v) is 5.39. The molecule has 3 rings (SSSR count). The fourth-order valence-electron chi connectivity index (χ4n) is 2.17. The molecule has 1 fully saturated rings. The Morgan fingerprint density at radius 2 is 2.14 bits per heavy atom. The molecule has 1 aromatic carbocycles. The molecule has 0 aliphatic carbocycles. The Bertz CT molecular complexity index is 647. The number of carbonyl (C=O) groups is 1. The highest BCUT2D eigenvalue weighted by Crippen LogP contribution is 2.22. The molecular weight excluding hydrogens is 268 g/mol. The molecule has 6 nitrogen and oxygen atoms in total. The first-order chi connectivity index (χ1) is 10.1. The van der Waals surface area contributed by atoms with Gasteiger partial charge in [-0.1, -0.05) is 17.3 Å². The maximum atomic E-state index is 12.6. The summed E-state index contributed by atoms with van der Waals surface area (Å²) >= 11 is 0. The van der Waals surface area contributed by atoms with Crippen molar-refractivity contribution in [3.63, 3.8) is 0 Å². The Labute approximate surface area is 123 Å². The van der Waals surface area contributed by atoms with Gasteiger partial charge in [-0.25, -0.2) is 4.68 Å². The first-order valence-electron chi connectivity index (χ1n) is 7.08. The molecule has 1 aliphatic heterocycles. The van der Waals surface area contributed by atoms with Gasteiger partial charge in [-0.15, -0.1) is 5.10 Å². The number of nitrogens with one attached hydrogen (secondary N) is 1. The third-order valence-electron chi connectivity index (χ3n) is 3.37. The lowest BCUT2D eigenvalue weighted by Gasteiger charge is -2.26. The number of nitrogens with zero attached hydrogens (tertiary/aromatic N) is 3. The summed E-state index contributed by atoms with van der Waals surface area (Å²) in [4.78, 5) is 12.6. The van der Waals surface area contributed by atoms with E-state index in [1.807, 2.05) is 26.0 Å². The molecule has 0 radical (unpaired) electrons. The van der Waals surface area contributed by atoms with Crippen LogP contribution in [0.4, 0.5) is 0 Å². The third-order valence-corrected chi connectivity index (χ3v) is 3.37. The predicted molar refractivity (Wildman–Crippen MR) is 77.6 cm³/mol. The Kier molecular flexibility index (Phi) is 3.70. The summed E-state index contributed by atoms with van der Waals surface area (Å²) in [6.45, 7) is 5.59. The lowest BCUT2D eigenvalue weighted by molar-refractivity contribution is 0.102. The average Bonchev–Trinajstić information content (AvgIpc) is 2.85. The highest BCUT2D eigenvalue weighted by atomic mass is 16.5. The molecule has 0 spiro atoms. The van der Waals surface area contributed by atoms with Crippen molar-refractivity contribution in [2.24, 2.45) is 0 Å². The standard InChI is InChI=1S/C15H18N4O2/c1-10(2)21-14-6-4-3-5-12(14)15(20)13-9-19(18-17-13)11-7-16-8-11/h3-6,9-11,16H,7-8H2,1-2H3. The summed E-state index contributed by atoms with van der Waals surface area (Å²) in [5.74, 6) is 0.419. The van der Waals surface area contributed by atoms with Crippen LogP contribution in [0.5, 0.6) is 5.75 Å². The van der Waals surface area contributed by atoms with Gasteiger partial charge in [-0.2, -0.15) is 0 Å². The molecule has 1 aromatic heterocycles. The van der Waals surface area contributed by atoms with E-state index in [0.29, 0.717) is 23.0 Å². The van der Waals surface area contributed by atoms with E-state index in [4.69, 9.17) is 4.74 Å². The number of hydrogen-bond donors (Lipinski definition) is 1. The molecule has 6 heteroatoms. The highest BCUT2D eigenvalue weighted by Gasteiger charge is 2.23. The van der Waals surface area contributed by atoms with E-state index < -0.39 is 0 Å². The summed E-state index contributed by atoms with van der Waals surface area (Å²) < 4.78 is 7.43. The Morgan fingerprint density at radius 3 is 2.81 bits per heavy atom. The minimum Gasteiger partial charge on any atom is -0.490 e. The Hall–Kier alpha value is -2.21. The normalized spacial score (nSPS) is 15.0. The number of rotatable bonds is 5. The first-order valence-corrected chi connectivity index (χ1v) is 7.08. The lowest BCUT2D eigenvalue weighted by Crippen LogP contribution is -2.43. The van der Waals surface area contributed by atoms with Crippen molar-refractivity contribution in [1.29, 1.82) is 0 Å². The van der Waals surface area contributed by atoms with Gasteiger partial charge in [0.05, 0.1) is 23.9 Å². The SMILES string of the molecule is CC(C)Oc1ccccc1C(=O)c1cn(C2CNC2)nn1. The van der Waals surface area contributed by atoms with Crippen LogP contribution in [0, 0.1) is 0 Å². The maximum Gasteiger partial charge on any atom is 0.218 e. The average molecular weight is 286 g/mol. The number of benzene rings is 1. The molecule has 21 heavy (non-hydrogen) atoms. The van der Waals surface area contributed by atoms with Crippen molar-refractivity contribution in [2.45, 2.75) is 26.0 Å². The van der Waals surface area contributed by atoms with E-state index in [-0.39, 0.29) is 11.9 Å². The van der Waals surface area contributed by atoms with Gasteiger partial charge < -0.3 is 10.1 Å². The van der Waals surface area contributed by atoms with Gasteiger partial charge in [0.2, 0.25) is 5.78 Å². The summed E-state index contributed by atoms with van der Waals surface area (Å²) in [5, 5.41) is 11.2. The molecule has 110 valence electrons. The molecule has 2 heterocycles. The van der Waals surface area contributed by atoms with Crippen molar-refractivity contribution in [1.82, 2.24) is 20.3 Å². The molecule has 0 saturated carbocycles. The van der Waals surface area contributed by atoms with E-state index in [1.165, 1.54) is 0 Å². The number of ketones is 1. The van der Waals surface area contributed by atoms with E-state index in [9.17, 15) is 4.79 Å². The summed E-state index contributed by atoms with van der Waals surface area (Å²) in [7, 11) is 0. The maximum absolute atomic E-state index is 12.6. The van der Waals surface area contributed by atoms with E-state index >= 15 is 0 Å². The van der Waals surface area contributed by atoms with E-state index in [2.05, 4.69) is 15.6 Å². The molecule has 1 N–H and O–H groups in total. The minimum absolute atomic E-state index is 0.00989. The van der Waals surface area contributed by atoms with Crippen LogP contribution < -0.4 is 10.1 Å². The van der Waals surface area contributed by atoms with Crippen LogP contribution in [0.2, 0.25) is 0 Å². The van der Waals surface area contributed by atoms with Gasteiger partial charge in [0.1, 0.15) is 5.75 Å². The van der Waals surface area contributed by atoms with Crippen LogP contribution in [0.1, 0.15) is 35.9 Å². The number of ether oxygens (including phenoxy) is 1. The lowest BCUT2D eigenvalue weighted by atomic mass is 10.1. The van der Waals surface area contributed by atoms with Crippen molar-refractivity contribution < 1.29 is 9.53 Å². The van der Waals surface area contributed by atoms with Gasteiger partial charge in [0.25, 0.3) is 0 Å². The van der Waals surface area contributed by atoms with Gasteiger partial charge in [-0.05, 0) is 26.0 Å². The predicted octanol–water partition coefficient (Wildman–Crippen LogP) is 1.44. The van der Waals surface area contributed by atoms with Crippen molar-refractivity contribution in [2.75, 3.05) is 13.1 Å². The number of para-hydroxylation sites is 1. The van der Waals surface area contributed by atoms with Gasteiger partial charge >= 0.3 is 0 Å². The second-order valence-electron chi connectivity index (χ2n) is 5.39. The monoisotopic (exact) mass is 286 g/mol. The summed E-state index contributed by atoms with van der Waals surface area (Å²) in [6.07, 6.45) is 1.72. The van der Waals surface area contributed by atoms with Crippen LogP contribution in [0.15, 0.2) is 30.5 Å². The molecule has 0 bridgehead atoms. The molecule has 0 amide bonds. The van der Waals surface area contributed by atoms with E-state index in [0.717, 1.165) is 13.1 Å². The molecule has 0 unspecified atom stereocenters. The fourth-order valence-corrected chi connectivity index (χ4v) is 2.17. The largest absolute Gasteiger partial charge is 0.490 e. The van der Waals surface area contributed by atoms with Gasteiger partial charge in [0, 0.05) is 13.1 Å². The number of carbonyl (C=O) groups excluding carboxylic acids is 1. The zero-order chi connectivity index (χ0) is 14.8. The highest BCUT2D eigenvalue weighted by molar-refractivity contribution is 6.09. The Morgan fingerprint density at radius 1 is 1.38 bits per heavy atom. The van der Waals surface area contributed by atoms with Gasteiger partial charge in [0.15, 0.2) is 5.69 Å². The number of aromatic nitrogens is 3. The van der Waals surface area contributed by atoms with Crippen LogP contribution >= 0.6 is 0 Å². The van der Waals surface area contributed by atoms with Crippen molar-refractivity contribution in [3.05, 3.63) is 41.7 Å². The topological polar surface area (TPSA) is 69.0 Å². The minimum atomic E-state index is -0.162. The van der Waals surface area contributed by atoms with Crippen LogP contribution in [0.3, 0.4) is 0 Å². The molecular formula is C15H18N4O2. The zero-order valence-corrected chi connectivity index (χ0v) is 12.1. The molecule has 2 aromatic rings. The van der Waals surface area contributed by atoms with Gasteiger partial charge in [-0.3, -0.25) is 4.79 Å². The van der Waals surface area contributed by atoms with Crippen molar-refractivity contribution >= 4 is 5.78 Å². The second kappa shape index (κ2) is 5.65. The van der Waals surface area contributed by atoms with E-state index in [1.54, 1.807) is 23.0 Å². The number of hydrogen-bond acceptors (Lipinski definition) is 5. The quantitative estimate of drug-likeness (QED) is 0.842.